The Kier molecular flexibility index (Phi) is 4.28. The molecule has 3 heteroatoms. The SMILES string of the molecule is COc1cc(N)cc(OCCC(C)C)c1. The normalized spacial score (nSPS) is 10.4. The van der Waals surface area contributed by atoms with E-state index in [0.717, 1.165) is 17.9 Å². The minimum atomic E-state index is 0.646. The second-order valence-corrected chi connectivity index (χ2v) is 3.97. The van der Waals surface area contributed by atoms with Crippen LogP contribution in [0.3, 0.4) is 0 Å². The van der Waals surface area contributed by atoms with Gasteiger partial charge in [-0.1, -0.05) is 13.8 Å². The van der Waals surface area contributed by atoms with Crippen LogP contribution < -0.4 is 15.2 Å². The molecule has 0 saturated heterocycles. The lowest BCUT2D eigenvalue weighted by atomic mass is 10.1. The van der Waals surface area contributed by atoms with Crippen LogP contribution in [0.1, 0.15) is 20.3 Å². The Hall–Kier alpha value is -1.38. The van der Waals surface area contributed by atoms with Gasteiger partial charge in [0.2, 0.25) is 0 Å². The summed E-state index contributed by atoms with van der Waals surface area (Å²) in [5.74, 6) is 2.15. The molecule has 15 heavy (non-hydrogen) atoms. The summed E-state index contributed by atoms with van der Waals surface area (Å²) in [6.45, 7) is 5.05. The van der Waals surface area contributed by atoms with Crippen molar-refractivity contribution in [3.05, 3.63) is 18.2 Å². The largest absolute Gasteiger partial charge is 0.497 e. The van der Waals surface area contributed by atoms with E-state index in [-0.39, 0.29) is 0 Å². The highest BCUT2D eigenvalue weighted by Crippen LogP contribution is 2.24. The maximum Gasteiger partial charge on any atom is 0.125 e. The fraction of sp³-hybridized carbons (Fsp3) is 0.500. The van der Waals surface area contributed by atoms with Crippen LogP contribution in [0.15, 0.2) is 18.2 Å². The summed E-state index contributed by atoms with van der Waals surface area (Å²) in [5, 5.41) is 0. The number of rotatable bonds is 5. The Balaban J connectivity index is 2.56. The monoisotopic (exact) mass is 209 g/mol. The van der Waals surface area contributed by atoms with Gasteiger partial charge in [-0.15, -0.1) is 0 Å². The number of anilines is 1. The van der Waals surface area contributed by atoms with Gasteiger partial charge in [-0.2, -0.15) is 0 Å². The summed E-state index contributed by atoms with van der Waals surface area (Å²) in [5.41, 5.74) is 6.37. The topological polar surface area (TPSA) is 44.5 Å². The van der Waals surface area contributed by atoms with Crippen LogP contribution in [0, 0.1) is 5.92 Å². The predicted molar refractivity (Wildman–Crippen MR) is 62.4 cm³/mol. The van der Waals surface area contributed by atoms with Gasteiger partial charge in [0.05, 0.1) is 13.7 Å². The highest BCUT2D eigenvalue weighted by Gasteiger charge is 2.01. The molecular weight excluding hydrogens is 190 g/mol. The van der Waals surface area contributed by atoms with Crippen LogP contribution in [-0.2, 0) is 0 Å². The van der Waals surface area contributed by atoms with Gasteiger partial charge in [0.15, 0.2) is 0 Å². The summed E-state index contributed by atoms with van der Waals surface area (Å²) in [4.78, 5) is 0. The van der Waals surface area contributed by atoms with Gasteiger partial charge in [-0.05, 0) is 12.3 Å². The zero-order chi connectivity index (χ0) is 11.3. The molecule has 0 aliphatic rings. The molecule has 0 amide bonds. The molecule has 0 unspecified atom stereocenters. The van der Waals surface area contributed by atoms with E-state index in [2.05, 4.69) is 13.8 Å². The predicted octanol–water partition coefficient (Wildman–Crippen LogP) is 2.70. The number of nitrogens with two attached hydrogens (primary N) is 1. The fourth-order valence-electron chi connectivity index (χ4n) is 1.21. The van der Waals surface area contributed by atoms with Gasteiger partial charge in [-0.3, -0.25) is 0 Å². The first kappa shape index (κ1) is 11.7. The van der Waals surface area contributed by atoms with E-state index in [4.69, 9.17) is 15.2 Å². The van der Waals surface area contributed by atoms with Gasteiger partial charge in [0.1, 0.15) is 11.5 Å². The van der Waals surface area contributed by atoms with Gasteiger partial charge in [-0.25, -0.2) is 0 Å². The van der Waals surface area contributed by atoms with E-state index in [0.29, 0.717) is 18.2 Å². The second kappa shape index (κ2) is 5.49. The van der Waals surface area contributed by atoms with Crippen LogP contribution in [-0.4, -0.2) is 13.7 Å². The molecular formula is C12H19NO2. The van der Waals surface area contributed by atoms with E-state index in [1.807, 2.05) is 12.1 Å². The molecule has 3 nitrogen and oxygen atoms in total. The molecule has 2 N–H and O–H groups in total. The molecule has 0 aliphatic heterocycles. The van der Waals surface area contributed by atoms with Gasteiger partial charge < -0.3 is 15.2 Å². The lowest BCUT2D eigenvalue weighted by molar-refractivity contribution is 0.288. The van der Waals surface area contributed by atoms with E-state index in [9.17, 15) is 0 Å². The minimum absolute atomic E-state index is 0.646. The van der Waals surface area contributed by atoms with Crippen molar-refractivity contribution in [2.24, 2.45) is 5.92 Å². The van der Waals surface area contributed by atoms with Crippen molar-refractivity contribution >= 4 is 5.69 Å². The average Bonchev–Trinajstić information content (AvgIpc) is 2.16. The molecule has 0 spiro atoms. The number of hydrogen-bond acceptors (Lipinski definition) is 3. The molecule has 0 atom stereocenters. The molecule has 1 rings (SSSR count). The standard InChI is InChI=1S/C12H19NO2/c1-9(2)4-5-15-12-7-10(13)6-11(8-12)14-3/h6-9H,4-5,13H2,1-3H3. The molecule has 0 bridgehead atoms. The smallest absolute Gasteiger partial charge is 0.125 e. The second-order valence-electron chi connectivity index (χ2n) is 3.97. The van der Waals surface area contributed by atoms with Crippen molar-refractivity contribution in [2.75, 3.05) is 19.5 Å². The summed E-state index contributed by atoms with van der Waals surface area (Å²) in [6.07, 6.45) is 1.04. The maximum absolute atomic E-state index is 5.71. The van der Waals surface area contributed by atoms with Gasteiger partial charge in [0.25, 0.3) is 0 Å². The maximum atomic E-state index is 5.71. The third kappa shape index (κ3) is 4.11. The van der Waals surface area contributed by atoms with Crippen molar-refractivity contribution in [3.8, 4) is 11.5 Å². The number of methoxy groups -OCH3 is 1. The Morgan fingerprint density at radius 3 is 2.47 bits per heavy atom. The lowest BCUT2D eigenvalue weighted by Crippen LogP contribution is -2.02. The van der Waals surface area contributed by atoms with Gasteiger partial charge in [0, 0.05) is 23.9 Å². The summed E-state index contributed by atoms with van der Waals surface area (Å²) < 4.78 is 10.7. The molecule has 1 aromatic rings. The first-order valence-electron chi connectivity index (χ1n) is 5.19. The van der Waals surface area contributed by atoms with Crippen LogP contribution in [0.4, 0.5) is 5.69 Å². The average molecular weight is 209 g/mol. The quantitative estimate of drug-likeness (QED) is 0.758. The highest BCUT2D eigenvalue weighted by atomic mass is 16.5. The van der Waals surface area contributed by atoms with Crippen LogP contribution in [0.2, 0.25) is 0 Å². The van der Waals surface area contributed by atoms with E-state index >= 15 is 0 Å². The molecule has 0 radical (unpaired) electrons. The first-order chi connectivity index (χ1) is 7.11. The van der Waals surface area contributed by atoms with Crippen molar-refractivity contribution in [1.29, 1.82) is 0 Å². The molecule has 0 heterocycles. The van der Waals surface area contributed by atoms with E-state index in [1.165, 1.54) is 0 Å². The minimum Gasteiger partial charge on any atom is -0.497 e. The summed E-state index contributed by atoms with van der Waals surface area (Å²) >= 11 is 0. The van der Waals surface area contributed by atoms with Crippen LogP contribution >= 0.6 is 0 Å². The van der Waals surface area contributed by atoms with E-state index in [1.54, 1.807) is 13.2 Å². The summed E-state index contributed by atoms with van der Waals surface area (Å²) in [6, 6.07) is 5.43. The molecule has 0 saturated carbocycles. The molecule has 0 aromatic heterocycles. The van der Waals surface area contributed by atoms with E-state index < -0.39 is 0 Å². The third-order valence-corrected chi connectivity index (χ3v) is 2.10. The van der Waals surface area contributed by atoms with Crippen LogP contribution in [0.5, 0.6) is 11.5 Å². The molecule has 0 aliphatic carbocycles. The molecule has 84 valence electrons. The number of nitrogen functional groups attached to an aromatic ring is 1. The van der Waals surface area contributed by atoms with Crippen molar-refractivity contribution in [3.63, 3.8) is 0 Å². The third-order valence-electron chi connectivity index (χ3n) is 2.10. The zero-order valence-corrected chi connectivity index (χ0v) is 9.62. The Morgan fingerprint density at radius 1 is 1.20 bits per heavy atom. The Labute approximate surface area is 91.2 Å². The van der Waals surface area contributed by atoms with Crippen molar-refractivity contribution < 1.29 is 9.47 Å². The van der Waals surface area contributed by atoms with Crippen LogP contribution in [0.25, 0.3) is 0 Å². The Morgan fingerprint density at radius 2 is 1.87 bits per heavy atom. The van der Waals surface area contributed by atoms with Crippen molar-refractivity contribution in [1.82, 2.24) is 0 Å². The molecule has 0 fully saturated rings. The van der Waals surface area contributed by atoms with Gasteiger partial charge >= 0.3 is 0 Å². The van der Waals surface area contributed by atoms with Crippen molar-refractivity contribution in [2.45, 2.75) is 20.3 Å². The first-order valence-corrected chi connectivity index (χ1v) is 5.19. The number of benzene rings is 1. The zero-order valence-electron chi connectivity index (χ0n) is 9.62. The summed E-state index contributed by atoms with van der Waals surface area (Å²) in [7, 11) is 1.62. The number of hydrogen-bond donors (Lipinski definition) is 1. The number of ether oxygens (including phenoxy) is 2. The lowest BCUT2D eigenvalue weighted by Gasteiger charge is -2.10. The highest BCUT2D eigenvalue weighted by molar-refractivity contribution is 5.50. The molecule has 1 aromatic carbocycles. The fourth-order valence-corrected chi connectivity index (χ4v) is 1.21. The Bertz CT molecular complexity index is 310.